The number of benzene rings is 3. The zero-order valence-corrected chi connectivity index (χ0v) is 17.1. The van der Waals surface area contributed by atoms with Crippen molar-refractivity contribution in [3.63, 3.8) is 0 Å². The van der Waals surface area contributed by atoms with Crippen LogP contribution in [0.3, 0.4) is 0 Å². The highest BCUT2D eigenvalue weighted by molar-refractivity contribution is 6.01. The van der Waals surface area contributed by atoms with E-state index in [4.69, 9.17) is 4.74 Å². The van der Waals surface area contributed by atoms with Gasteiger partial charge in [-0.25, -0.2) is 9.67 Å². The van der Waals surface area contributed by atoms with Gasteiger partial charge in [0.1, 0.15) is 5.75 Å². The second-order valence-corrected chi connectivity index (χ2v) is 7.06. The zero-order valence-electron chi connectivity index (χ0n) is 17.1. The molecule has 0 aliphatic rings. The number of aromatic nitrogens is 3. The Kier molecular flexibility index (Phi) is 5.30. The van der Waals surface area contributed by atoms with Gasteiger partial charge in [0.25, 0.3) is 5.91 Å². The van der Waals surface area contributed by atoms with Gasteiger partial charge >= 0.3 is 0 Å². The van der Waals surface area contributed by atoms with Crippen molar-refractivity contribution in [3.05, 3.63) is 89.7 Å². The summed E-state index contributed by atoms with van der Waals surface area (Å²) in [6.45, 7) is 4.01. The van der Waals surface area contributed by atoms with Gasteiger partial charge < -0.3 is 10.1 Å². The lowest BCUT2D eigenvalue weighted by molar-refractivity contribution is 0.101. The maximum atomic E-state index is 12.8. The molecule has 0 fully saturated rings. The molecule has 6 heteroatoms. The average Bonchev–Trinajstić information content (AvgIpc) is 3.21. The molecule has 1 amide bonds. The minimum atomic E-state index is -0.361. The molecule has 1 heterocycles. The van der Waals surface area contributed by atoms with Crippen molar-refractivity contribution in [1.29, 1.82) is 0 Å². The molecule has 0 saturated carbocycles. The molecule has 3 aromatic carbocycles. The Balaban J connectivity index is 1.74. The third-order valence-corrected chi connectivity index (χ3v) is 4.71. The molecule has 150 valence electrons. The van der Waals surface area contributed by atoms with Crippen LogP contribution < -0.4 is 10.1 Å². The molecule has 0 aliphatic heterocycles. The van der Waals surface area contributed by atoms with Crippen LogP contribution in [0.4, 0.5) is 5.69 Å². The van der Waals surface area contributed by atoms with Gasteiger partial charge in [0, 0.05) is 11.3 Å². The number of methoxy groups -OCH3 is 1. The van der Waals surface area contributed by atoms with Crippen molar-refractivity contribution in [3.8, 4) is 22.8 Å². The molecule has 4 aromatic rings. The fourth-order valence-corrected chi connectivity index (χ4v) is 3.11. The average molecular weight is 398 g/mol. The molecule has 4 rings (SSSR count). The number of anilines is 1. The lowest BCUT2D eigenvalue weighted by Crippen LogP contribution is -2.14. The summed E-state index contributed by atoms with van der Waals surface area (Å²) in [6.07, 6.45) is 0. The van der Waals surface area contributed by atoms with Crippen LogP contribution in [0.1, 0.15) is 21.7 Å². The first-order valence-corrected chi connectivity index (χ1v) is 9.60. The first-order valence-electron chi connectivity index (χ1n) is 9.60. The molecule has 0 aliphatic carbocycles. The van der Waals surface area contributed by atoms with Crippen molar-refractivity contribution in [2.75, 3.05) is 12.4 Å². The van der Waals surface area contributed by atoms with E-state index in [2.05, 4.69) is 15.4 Å². The SMILES string of the molecule is COc1ccc(-n2nc(C(=O)Nc3ccc(C)cc3)nc2-c2cccc(C)c2)cc1. The Morgan fingerprint density at radius 2 is 1.67 bits per heavy atom. The number of rotatable bonds is 5. The number of amides is 1. The first kappa shape index (κ1) is 19.4. The van der Waals surface area contributed by atoms with Crippen LogP contribution in [-0.2, 0) is 0 Å². The third kappa shape index (κ3) is 4.07. The number of ether oxygens (including phenoxy) is 1. The van der Waals surface area contributed by atoms with Crippen molar-refractivity contribution < 1.29 is 9.53 Å². The van der Waals surface area contributed by atoms with Crippen molar-refractivity contribution >= 4 is 11.6 Å². The van der Waals surface area contributed by atoms with Crippen LogP contribution in [0, 0.1) is 13.8 Å². The monoisotopic (exact) mass is 398 g/mol. The highest BCUT2D eigenvalue weighted by Crippen LogP contribution is 2.24. The van der Waals surface area contributed by atoms with Gasteiger partial charge in [-0.15, -0.1) is 5.10 Å². The molecule has 6 nitrogen and oxygen atoms in total. The molecular formula is C24H22N4O2. The number of hydrogen-bond donors (Lipinski definition) is 1. The predicted octanol–water partition coefficient (Wildman–Crippen LogP) is 4.81. The van der Waals surface area contributed by atoms with Crippen LogP contribution in [0.15, 0.2) is 72.8 Å². The van der Waals surface area contributed by atoms with Gasteiger partial charge in [0.05, 0.1) is 12.8 Å². The fourth-order valence-electron chi connectivity index (χ4n) is 3.11. The van der Waals surface area contributed by atoms with E-state index in [0.29, 0.717) is 11.5 Å². The van der Waals surface area contributed by atoms with Crippen LogP contribution >= 0.6 is 0 Å². The highest BCUT2D eigenvalue weighted by atomic mass is 16.5. The number of nitrogens with one attached hydrogen (secondary N) is 1. The minimum absolute atomic E-state index is 0.0999. The maximum absolute atomic E-state index is 12.8. The molecule has 0 bridgehead atoms. The van der Waals surface area contributed by atoms with E-state index in [1.807, 2.05) is 86.6 Å². The molecule has 0 atom stereocenters. The smallest absolute Gasteiger partial charge is 0.295 e. The Morgan fingerprint density at radius 1 is 0.933 bits per heavy atom. The van der Waals surface area contributed by atoms with Gasteiger partial charge in [0.15, 0.2) is 5.82 Å². The summed E-state index contributed by atoms with van der Waals surface area (Å²) < 4.78 is 6.92. The molecule has 1 aromatic heterocycles. The Labute approximate surface area is 175 Å². The van der Waals surface area contributed by atoms with Gasteiger partial charge in [-0.3, -0.25) is 4.79 Å². The minimum Gasteiger partial charge on any atom is -0.497 e. The summed E-state index contributed by atoms with van der Waals surface area (Å²) in [6, 6.07) is 23.0. The quantitative estimate of drug-likeness (QED) is 0.524. The molecule has 0 unspecified atom stereocenters. The topological polar surface area (TPSA) is 69.0 Å². The van der Waals surface area contributed by atoms with E-state index in [9.17, 15) is 4.79 Å². The second-order valence-electron chi connectivity index (χ2n) is 7.06. The summed E-state index contributed by atoms with van der Waals surface area (Å²) in [7, 11) is 1.62. The predicted molar refractivity (Wildman–Crippen MR) is 117 cm³/mol. The van der Waals surface area contributed by atoms with Crippen LogP contribution in [0.25, 0.3) is 17.1 Å². The van der Waals surface area contributed by atoms with E-state index < -0.39 is 0 Å². The molecule has 30 heavy (non-hydrogen) atoms. The summed E-state index contributed by atoms with van der Waals surface area (Å²) >= 11 is 0. The summed E-state index contributed by atoms with van der Waals surface area (Å²) in [4.78, 5) is 17.4. The van der Waals surface area contributed by atoms with Crippen molar-refractivity contribution in [1.82, 2.24) is 14.8 Å². The van der Waals surface area contributed by atoms with Gasteiger partial charge in [-0.1, -0.05) is 41.5 Å². The molecule has 1 N–H and O–H groups in total. The third-order valence-electron chi connectivity index (χ3n) is 4.71. The van der Waals surface area contributed by atoms with E-state index in [1.165, 1.54) is 0 Å². The number of nitrogens with zero attached hydrogens (tertiary/aromatic N) is 3. The standard InChI is InChI=1S/C24H22N4O2/c1-16-7-9-19(10-8-16)25-24(29)22-26-23(18-6-4-5-17(2)15-18)28(27-22)20-11-13-21(30-3)14-12-20/h4-15H,1-3H3,(H,25,29). The summed E-state index contributed by atoms with van der Waals surface area (Å²) in [5.74, 6) is 1.08. The van der Waals surface area contributed by atoms with Crippen LogP contribution in [-0.4, -0.2) is 27.8 Å². The first-order chi connectivity index (χ1) is 14.5. The number of carbonyl (C=O) groups is 1. The Hall–Kier alpha value is -3.93. The van der Waals surface area contributed by atoms with Gasteiger partial charge in [0.2, 0.25) is 5.82 Å². The fraction of sp³-hybridized carbons (Fsp3) is 0.125. The largest absolute Gasteiger partial charge is 0.497 e. The Bertz CT molecular complexity index is 1180. The molecule has 0 saturated heterocycles. The van der Waals surface area contributed by atoms with Crippen LogP contribution in [0.2, 0.25) is 0 Å². The zero-order chi connectivity index (χ0) is 21.1. The van der Waals surface area contributed by atoms with Crippen LogP contribution in [0.5, 0.6) is 5.75 Å². The Morgan fingerprint density at radius 3 is 2.33 bits per heavy atom. The maximum Gasteiger partial charge on any atom is 0.295 e. The molecular weight excluding hydrogens is 376 g/mol. The summed E-state index contributed by atoms with van der Waals surface area (Å²) in [5, 5.41) is 7.37. The van der Waals surface area contributed by atoms with E-state index in [1.54, 1.807) is 11.8 Å². The van der Waals surface area contributed by atoms with Gasteiger partial charge in [-0.05, 0) is 56.3 Å². The lowest BCUT2D eigenvalue weighted by atomic mass is 10.1. The van der Waals surface area contributed by atoms with E-state index >= 15 is 0 Å². The molecule has 0 radical (unpaired) electrons. The van der Waals surface area contributed by atoms with Crippen molar-refractivity contribution in [2.45, 2.75) is 13.8 Å². The number of hydrogen-bond acceptors (Lipinski definition) is 4. The second kappa shape index (κ2) is 8.21. The highest BCUT2D eigenvalue weighted by Gasteiger charge is 2.19. The molecule has 0 spiro atoms. The number of carbonyl (C=O) groups excluding carboxylic acids is 1. The number of aryl methyl sites for hydroxylation is 2. The summed E-state index contributed by atoms with van der Waals surface area (Å²) in [5.41, 5.74) is 4.59. The van der Waals surface area contributed by atoms with Crippen molar-refractivity contribution in [2.24, 2.45) is 0 Å². The normalized spacial score (nSPS) is 10.6. The van der Waals surface area contributed by atoms with E-state index in [0.717, 1.165) is 28.1 Å². The van der Waals surface area contributed by atoms with Gasteiger partial charge in [-0.2, -0.15) is 0 Å². The van der Waals surface area contributed by atoms with E-state index in [-0.39, 0.29) is 11.7 Å². The lowest BCUT2D eigenvalue weighted by Gasteiger charge is -2.07.